The average molecular weight is 198 g/mol. The van der Waals surface area contributed by atoms with Crippen molar-refractivity contribution in [3.63, 3.8) is 0 Å². The minimum absolute atomic E-state index is 0.707. The molecule has 0 amide bonds. The van der Waals surface area contributed by atoms with Crippen LogP contribution in [0.25, 0.3) is 0 Å². The molecule has 3 atom stereocenters. The minimum atomic E-state index is 0.707. The van der Waals surface area contributed by atoms with Crippen molar-refractivity contribution in [3.05, 3.63) is 0 Å². The molecule has 2 heteroatoms. The molecule has 1 N–H and O–H groups in total. The van der Waals surface area contributed by atoms with Crippen LogP contribution in [0.2, 0.25) is 0 Å². The van der Waals surface area contributed by atoms with E-state index in [-0.39, 0.29) is 0 Å². The van der Waals surface area contributed by atoms with Crippen LogP contribution in [0.4, 0.5) is 0 Å². The van der Waals surface area contributed by atoms with Crippen molar-refractivity contribution in [1.29, 1.82) is 0 Å². The summed E-state index contributed by atoms with van der Waals surface area (Å²) in [5, 5.41) is 3.46. The molecule has 2 nitrogen and oxygen atoms in total. The van der Waals surface area contributed by atoms with E-state index in [0.717, 1.165) is 12.0 Å². The number of hydrogen-bond acceptors (Lipinski definition) is 2. The Hall–Kier alpha value is -0.0800. The fourth-order valence-electron chi connectivity index (χ4n) is 2.81. The number of nitrogens with one attached hydrogen (secondary N) is 1. The van der Waals surface area contributed by atoms with Crippen molar-refractivity contribution in [2.24, 2.45) is 5.92 Å². The molecular weight excluding hydrogens is 172 g/mol. The maximum absolute atomic E-state index is 3.46. The van der Waals surface area contributed by atoms with Crippen LogP contribution in [0.1, 0.15) is 39.0 Å². The Balaban J connectivity index is 2.48. The Bertz CT molecular complexity index is 156. The van der Waals surface area contributed by atoms with Crippen molar-refractivity contribution in [1.82, 2.24) is 10.2 Å². The van der Waals surface area contributed by atoms with Gasteiger partial charge in [0.15, 0.2) is 0 Å². The Kier molecular flexibility index (Phi) is 4.90. The molecule has 0 spiro atoms. The predicted molar refractivity (Wildman–Crippen MR) is 62.6 cm³/mol. The Labute approximate surface area is 89.1 Å². The van der Waals surface area contributed by atoms with Gasteiger partial charge in [-0.2, -0.15) is 0 Å². The van der Waals surface area contributed by atoms with Gasteiger partial charge in [0.1, 0.15) is 0 Å². The van der Waals surface area contributed by atoms with Gasteiger partial charge in [0.05, 0.1) is 0 Å². The lowest BCUT2D eigenvalue weighted by Crippen LogP contribution is -2.49. The van der Waals surface area contributed by atoms with Gasteiger partial charge in [-0.15, -0.1) is 0 Å². The summed E-state index contributed by atoms with van der Waals surface area (Å²) in [7, 11) is 6.52. The fourth-order valence-corrected chi connectivity index (χ4v) is 2.81. The summed E-state index contributed by atoms with van der Waals surface area (Å²) in [4.78, 5) is 2.39. The van der Waals surface area contributed by atoms with E-state index in [0.29, 0.717) is 6.04 Å². The molecule has 1 fully saturated rings. The van der Waals surface area contributed by atoms with Crippen LogP contribution >= 0.6 is 0 Å². The Morgan fingerprint density at radius 1 is 1.29 bits per heavy atom. The van der Waals surface area contributed by atoms with E-state index in [4.69, 9.17) is 0 Å². The zero-order chi connectivity index (χ0) is 10.6. The molecule has 0 aromatic carbocycles. The van der Waals surface area contributed by atoms with Gasteiger partial charge >= 0.3 is 0 Å². The Morgan fingerprint density at radius 3 is 2.50 bits per heavy atom. The van der Waals surface area contributed by atoms with E-state index in [9.17, 15) is 0 Å². The molecule has 0 heterocycles. The van der Waals surface area contributed by atoms with Crippen molar-refractivity contribution in [2.45, 2.75) is 51.1 Å². The van der Waals surface area contributed by atoms with Crippen molar-refractivity contribution in [2.75, 3.05) is 21.1 Å². The number of hydrogen-bond donors (Lipinski definition) is 1. The molecule has 1 rings (SSSR count). The highest BCUT2D eigenvalue weighted by atomic mass is 15.1. The van der Waals surface area contributed by atoms with Crippen LogP contribution in [0.15, 0.2) is 0 Å². The summed E-state index contributed by atoms with van der Waals surface area (Å²) in [6.07, 6.45) is 6.91. The van der Waals surface area contributed by atoms with Gasteiger partial charge in [-0.1, -0.05) is 19.8 Å². The largest absolute Gasteiger partial charge is 0.315 e. The van der Waals surface area contributed by atoms with Crippen LogP contribution in [0.3, 0.4) is 0 Å². The summed E-state index contributed by atoms with van der Waals surface area (Å²) in [6.45, 7) is 2.30. The highest BCUT2D eigenvalue weighted by Gasteiger charge is 2.30. The topological polar surface area (TPSA) is 15.3 Å². The summed E-state index contributed by atoms with van der Waals surface area (Å²) in [5.74, 6) is 0.969. The molecule has 14 heavy (non-hydrogen) atoms. The van der Waals surface area contributed by atoms with Gasteiger partial charge in [0, 0.05) is 12.1 Å². The monoisotopic (exact) mass is 198 g/mol. The highest BCUT2D eigenvalue weighted by molar-refractivity contribution is 4.88. The first kappa shape index (κ1) is 12.0. The standard InChI is InChI=1S/C12H26N2/c1-5-6-10-7-8-11(13-2)12(9-10)14(3)4/h10-13H,5-9H2,1-4H3. The van der Waals surface area contributed by atoms with Crippen LogP contribution in [0, 0.1) is 5.92 Å². The molecule has 84 valence electrons. The predicted octanol–water partition coefficient (Wildman–Crippen LogP) is 2.10. The SMILES string of the molecule is CCCC1CCC(NC)C(N(C)C)C1. The molecule has 0 aromatic heterocycles. The number of nitrogens with zero attached hydrogens (tertiary/aromatic N) is 1. The van der Waals surface area contributed by atoms with Gasteiger partial charge < -0.3 is 10.2 Å². The second-order valence-corrected chi connectivity index (χ2v) is 4.89. The molecule has 0 aliphatic heterocycles. The van der Waals surface area contributed by atoms with Gasteiger partial charge in [0.25, 0.3) is 0 Å². The fraction of sp³-hybridized carbons (Fsp3) is 1.00. The van der Waals surface area contributed by atoms with E-state index < -0.39 is 0 Å². The van der Waals surface area contributed by atoms with E-state index in [1.54, 1.807) is 0 Å². The van der Waals surface area contributed by atoms with Crippen molar-refractivity contribution < 1.29 is 0 Å². The summed E-state index contributed by atoms with van der Waals surface area (Å²) < 4.78 is 0. The van der Waals surface area contributed by atoms with E-state index in [1.807, 2.05) is 0 Å². The molecular formula is C12H26N2. The van der Waals surface area contributed by atoms with Gasteiger partial charge in [-0.05, 0) is 46.3 Å². The normalized spacial score (nSPS) is 33.6. The van der Waals surface area contributed by atoms with Gasteiger partial charge in [-0.3, -0.25) is 0 Å². The molecule has 0 radical (unpaired) electrons. The Morgan fingerprint density at radius 2 is 2.00 bits per heavy atom. The van der Waals surface area contributed by atoms with E-state index >= 15 is 0 Å². The van der Waals surface area contributed by atoms with Gasteiger partial charge in [0.2, 0.25) is 0 Å². The van der Waals surface area contributed by atoms with Crippen LogP contribution in [0.5, 0.6) is 0 Å². The molecule has 3 unspecified atom stereocenters. The molecule has 0 saturated heterocycles. The smallest absolute Gasteiger partial charge is 0.0245 e. The number of rotatable bonds is 4. The molecule has 1 aliphatic rings. The third kappa shape index (κ3) is 2.96. The lowest BCUT2D eigenvalue weighted by atomic mass is 9.80. The first-order chi connectivity index (χ1) is 6.69. The second kappa shape index (κ2) is 5.72. The first-order valence-electron chi connectivity index (χ1n) is 6.02. The third-order valence-corrected chi connectivity index (χ3v) is 3.66. The summed E-state index contributed by atoms with van der Waals surface area (Å²) in [6, 6.07) is 1.45. The van der Waals surface area contributed by atoms with Crippen LogP contribution < -0.4 is 5.32 Å². The molecule has 1 aliphatic carbocycles. The van der Waals surface area contributed by atoms with Gasteiger partial charge in [-0.25, -0.2) is 0 Å². The lowest BCUT2D eigenvalue weighted by Gasteiger charge is -2.39. The van der Waals surface area contributed by atoms with Crippen molar-refractivity contribution >= 4 is 0 Å². The zero-order valence-corrected chi connectivity index (χ0v) is 10.2. The van der Waals surface area contributed by atoms with Crippen LogP contribution in [-0.2, 0) is 0 Å². The first-order valence-corrected chi connectivity index (χ1v) is 6.02. The third-order valence-electron chi connectivity index (χ3n) is 3.66. The van der Waals surface area contributed by atoms with E-state index in [2.05, 4.69) is 38.3 Å². The summed E-state index contributed by atoms with van der Waals surface area (Å²) >= 11 is 0. The van der Waals surface area contributed by atoms with Crippen LogP contribution in [-0.4, -0.2) is 38.1 Å². The molecule has 1 saturated carbocycles. The molecule has 0 bridgehead atoms. The van der Waals surface area contributed by atoms with E-state index in [1.165, 1.54) is 32.1 Å². The number of likely N-dealkylation sites (N-methyl/N-ethyl adjacent to an activating group) is 2. The quantitative estimate of drug-likeness (QED) is 0.744. The highest BCUT2D eigenvalue weighted by Crippen LogP contribution is 2.29. The molecule has 0 aromatic rings. The van der Waals surface area contributed by atoms with Crippen molar-refractivity contribution in [3.8, 4) is 0 Å². The zero-order valence-electron chi connectivity index (χ0n) is 10.2. The minimum Gasteiger partial charge on any atom is -0.315 e. The maximum atomic E-state index is 3.46. The maximum Gasteiger partial charge on any atom is 0.0245 e. The summed E-state index contributed by atoms with van der Waals surface area (Å²) in [5.41, 5.74) is 0. The lowest BCUT2D eigenvalue weighted by molar-refractivity contribution is 0.141. The second-order valence-electron chi connectivity index (χ2n) is 4.89. The average Bonchev–Trinajstić information content (AvgIpc) is 2.18.